The monoisotopic (exact) mass is 370 g/mol. The molecule has 1 N–H and O–H groups in total. The van der Waals surface area contributed by atoms with Gasteiger partial charge in [0.2, 0.25) is 5.91 Å². The van der Waals surface area contributed by atoms with Gasteiger partial charge >= 0.3 is 0 Å². The summed E-state index contributed by atoms with van der Waals surface area (Å²) in [5, 5.41) is 7.50. The van der Waals surface area contributed by atoms with E-state index in [2.05, 4.69) is 27.4 Å². The van der Waals surface area contributed by atoms with Crippen LogP contribution in [-0.4, -0.2) is 47.3 Å². The van der Waals surface area contributed by atoms with Gasteiger partial charge in [0.05, 0.1) is 18.8 Å². The van der Waals surface area contributed by atoms with E-state index in [0.717, 1.165) is 30.2 Å². The molecule has 1 saturated heterocycles. The summed E-state index contributed by atoms with van der Waals surface area (Å²) in [5.41, 5.74) is 3.15. The standard InChI is InChI=1S/C21H30N4O2/c1-16-13-17(2)25(23-16)15-21(26)22-14-20(24-11-5-4-6-12-24)18-7-9-19(27-3)10-8-18/h7-10,13,20H,4-6,11-12,14-15H2,1-3H3,(H,22,26). The molecule has 146 valence electrons. The summed E-state index contributed by atoms with van der Waals surface area (Å²) in [6.45, 7) is 6.92. The van der Waals surface area contributed by atoms with Crippen molar-refractivity contribution in [2.24, 2.45) is 0 Å². The molecule has 2 heterocycles. The molecule has 6 heteroatoms. The van der Waals surface area contributed by atoms with Gasteiger partial charge in [0, 0.05) is 12.2 Å². The molecule has 2 aromatic rings. The van der Waals surface area contributed by atoms with Crippen LogP contribution < -0.4 is 10.1 Å². The lowest BCUT2D eigenvalue weighted by molar-refractivity contribution is -0.122. The first-order valence-corrected chi connectivity index (χ1v) is 9.72. The largest absolute Gasteiger partial charge is 0.497 e. The third-order valence-electron chi connectivity index (χ3n) is 5.22. The molecule has 1 aromatic carbocycles. The molecule has 0 spiro atoms. The van der Waals surface area contributed by atoms with Crippen LogP contribution >= 0.6 is 0 Å². The number of aromatic nitrogens is 2. The molecule has 0 radical (unpaired) electrons. The molecular formula is C21H30N4O2. The third kappa shape index (κ3) is 5.10. The Kier molecular flexibility index (Phi) is 6.50. The SMILES string of the molecule is COc1ccc(C(CNC(=O)Cn2nc(C)cc2C)N2CCCCC2)cc1. The summed E-state index contributed by atoms with van der Waals surface area (Å²) in [7, 11) is 1.68. The molecule has 0 bridgehead atoms. The van der Waals surface area contributed by atoms with Gasteiger partial charge in [-0.25, -0.2) is 0 Å². The number of carbonyl (C=O) groups excluding carboxylic acids is 1. The molecular weight excluding hydrogens is 340 g/mol. The van der Waals surface area contributed by atoms with E-state index in [9.17, 15) is 4.79 Å². The Morgan fingerprint density at radius 1 is 1.19 bits per heavy atom. The van der Waals surface area contributed by atoms with E-state index in [0.29, 0.717) is 6.54 Å². The summed E-state index contributed by atoms with van der Waals surface area (Å²) in [4.78, 5) is 15.0. The molecule has 1 unspecified atom stereocenters. The van der Waals surface area contributed by atoms with Gasteiger partial charge in [-0.3, -0.25) is 14.4 Å². The number of carbonyl (C=O) groups is 1. The predicted molar refractivity (Wildman–Crippen MR) is 106 cm³/mol. The maximum atomic E-state index is 12.5. The first-order chi connectivity index (χ1) is 13.1. The number of hydrogen-bond donors (Lipinski definition) is 1. The second kappa shape index (κ2) is 9.04. The summed E-state index contributed by atoms with van der Waals surface area (Å²) in [5.74, 6) is 0.849. The molecule has 1 fully saturated rings. The van der Waals surface area contributed by atoms with Crippen LogP contribution in [-0.2, 0) is 11.3 Å². The fourth-order valence-electron chi connectivity index (χ4n) is 3.75. The van der Waals surface area contributed by atoms with Crippen molar-refractivity contribution in [3.8, 4) is 5.75 Å². The van der Waals surface area contributed by atoms with Gasteiger partial charge in [0.25, 0.3) is 0 Å². The summed E-state index contributed by atoms with van der Waals surface area (Å²) in [6, 6.07) is 10.4. The van der Waals surface area contributed by atoms with Crippen LogP contribution in [0.15, 0.2) is 30.3 Å². The van der Waals surface area contributed by atoms with E-state index in [1.807, 2.05) is 32.0 Å². The van der Waals surface area contributed by atoms with Crippen molar-refractivity contribution in [1.29, 1.82) is 0 Å². The number of aryl methyl sites for hydroxylation is 2. The highest BCUT2D eigenvalue weighted by atomic mass is 16.5. The van der Waals surface area contributed by atoms with Gasteiger partial charge in [-0.15, -0.1) is 0 Å². The minimum absolute atomic E-state index is 0.00304. The second-order valence-electron chi connectivity index (χ2n) is 7.27. The second-order valence-corrected chi connectivity index (χ2v) is 7.27. The number of benzene rings is 1. The van der Waals surface area contributed by atoms with Gasteiger partial charge in [-0.1, -0.05) is 18.6 Å². The zero-order valence-electron chi connectivity index (χ0n) is 16.6. The van der Waals surface area contributed by atoms with Crippen molar-refractivity contribution in [1.82, 2.24) is 20.0 Å². The molecule has 1 aliphatic rings. The topological polar surface area (TPSA) is 59.4 Å². The normalized spacial score (nSPS) is 16.1. The summed E-state index contributed by atoms with van der Waals surface area (Å²) >= 11 is 0. The molecule has 1 aromatic heterocycles. The minimum Gasteiger partial charge on any atom is -0.497 e. The van der Waals surface area contributed by atoms with Crippen molar-refractivity contribution < 1.29 is 9.53 Å². The van der Waals surface area contributed by atoms with E-state index in [-0.39, 0.29) is 18.5 Å². The van der Waals surface area contributed by atoms with Gasteiger partial charge in [0.1, 0.15) is 12.3 Å². The maximum absolute atomic E-state index is 12.5. The van der Waals surface area contributed by atoms with Crippen molar-refractivity contribution in [3.63, 3.8) is 0 Å². The number of rotatable bonds is 7. The van der Waals surface area contributed by atoms with Crippen LogP contribution in [0.1, 0.15) is 42.3 Å². The van der Waals surface area contributed by atoms with Crippen molar-refractivity contribution in [3.05, 3.63) is 47.3 Å². The fraction of sp³-hybridized carbons (Fsp3) is 0.524. The molecule has 1 aliphatic heterocycles. The van der Waals surface area contributed by atoms with E-state index in [1.54, 1.807) is 11.8 Å². The van der Waals surface area contributed by atoms with Crippen LogP contribution in [0.3, 0.4) is 0 Å². The highest BCUT2D eigenvalue weighted by Gasteiger charge is 2.23. The van der Waals surface area contributed by atoms with Crippen LogP contribution in [0.2, 0.25) is 0 Å². The lowest BCUT2D eigenvalue weighted by Gasteiger charge is -2.35. The van der Waals surface area contributed by atoms with Gasteiger partial charge in [-0.05, 0) is 63.5 Å². The third-order valence-corrected chi connectivity index (χ3v) is 5.22. The number of likely N-dealkylation sites (tertiary alicyclic amines) is 1. The van der Waals surface area contributed by atoms with E-state index in [1.165, 1.54) is 24.8 Å². The molecule has 0 aliphatic carbocycles. The Hall–Kier alpha value is -2.34. The van der Waals surface area contributed by atoms with Crippen LogP contribution in [0.5, 0.6) is 5.75 Å². The van der Waals surface area contributed by atoms with Crippen LogP contribution in [0.4, 0.5) is 0 Å². The van der Waals surface area contributed by atoms with Crippen molar-refractivity contribution in [2.75, 3.05) is 26.7 Å². The number of piperidine rings is 1. The number of ether oxygens (including phenoxy) is 1. The molecule has 1 amide bonds. The van der Waals surface area contributed by atoms with E-state index < -0.39 is 0 Å². The molecule has 1 atom stereocenters. The maximum Gasteiger partial charge on any atom is 0.241 e. The van der Waals surface area contributed by atoms with Gasteiger partial charge in [0.15, 0.2) is 0 Å². The highest BCUT2D eigenvalue weighted by Crippen LogP contribution is 2.25. The summed E-state index contributed by atoms with van der Waals surface area (Å²) < 4.78 is 7.04. The van der Waals surface area contributed by atoms with Crippen molar-refractivity contribution >= 4 is 5.91 Å². The zero-order valence-corrected chi connectivity index (χ0v) is 16.6. The van der Waals surface area contributed by atoms with Crippen LogP contribution in [0.25, 0.3) is 0 Å². The minimum atomic E-state index is -0.00304. The average Bonchev–Trinajstić information content (AvgIpc) is 3.00. The van der Waals surface area contributed by atoms with Gasteiger partial charge in [-0.2, -0.15) is 5.10 Å². The van der Waals surface area contributed by atoms with Crippen LogP contribution in [0, 0.1) is 13.8 Å². The highest BCUT2D eigenvalue weighted by molar-refractivity contribution is 5.75. The van der Waals surface area contributed by atoms with Crippen molar-refractivity contribution in [2.45, 2.75) is 45.7 Å². The average molecular weight is 370 g/mol. The Labute approximate surface area is 161 Å². The summed E-state index contributed by atoms with van der Waals surface area (Å²) in [6.07, 6.45) is 3.72. The number of methoxy groups -OCH3 is 1. The fourth-order valence-corrected chi connectivity index (χ4v) is 3.75. The smallest absolute Gasteiger partial charge is 0.241 e. The Balaban J connectivity index is 1.66. The van der Waals surface area contributed by atoms with E-state index in [4.69, 9.17) is 4.74 Å². The Morgan fingerprint density at radius 3 is 2.48 bits per heavy atom. The zero-order chi connectivity index (χ0) is 19.2. The number of amides is 1. The molecule has 27 heavy (non-hydrogen) atoms. The molecule has 0 saturated carbocycles. The first kappa shape index (κ1) is 19.4. The lowest BCUT2D eigenvalue weighted by Crippen LogP contribution is -2.41. The number of nitrogens with one attached hydrogen (secondary N) is 1. The quantitative estimate of drug-likeness (QED) is 0.814. The molecule has 6 nitrogen and oxygen atoms in total. The first-order valence-electron chi connectivity index (χ1n) is 9.72. The number of hydrogen-bond acceptors (Lipinski definition) is 4. The Bertz CT molecular complexity index is 748. The van der Waals surface area contributed by atoms with E-state index >= 15 is 0 Å². The lowest BCUT2D eigenvalue weighted by atomic mass is 10.0. The van der Waals surface area contributed by atoms with Gasteiger partial charge < -0.3 is 10.1 Å². The predicted octanol–water partition coefficient (Wildman–Crippen LogP) is 2.85. The Morgan fingerprint density at radius 2 is 1.89 bits per heavy atom. The number of nitrogens with zero attached hydrogens (tertiary/aromatic N) is 3. The molecule has 3 rings (SSSR count).